The Morgan fingerprint density at radius 2 is 1.19 bits per heavy atom. The van der Waals surface area contributed by atoms with Crippen molar-refractivity contribution < 1.29 is 0 Å². The van der Waals surface area contributed by atoms with Gasteiger partial charge in [0.15, 0.2) is 0 Å². The summed E-state index contributed by atoms with van der Waals surface area (Å²) in [5.74, 6) is 0. The summed E-state index contributed by atoms with van der Waals surface area (Å²) in [4.78, 5) is 0. The average molecular weight is 335 g/mol. The van der Waals surface area contributed by atoms with Crippen LogP contribution in [0.2, 0.25) is 30.1 Å². The van der Waals surface area contributed by atoms with E-state index in [4.69, 9.17) is 69.6 Å². The van der Waals surface area contributed by atoms with Crippen molar-refractivity contribution in [2.75, 3.05) is 0 Å². The van der Waals surface area contributed by atoms with E-state index in [0.29, 0.717) is 20.8 Å². The molecule has 0 nitrogen and oxygen atoms in total. The average Bonchev–Trinajstić information content (AvgIpc) is 2.22. The van der Waals surface area contributed by atoms with Gasteiger partial charge < -0.3 is 0 Å². The van der Waals surface area contributed by atoms with Crippen LogP contribution in [-0.4, -0.2) is 0 Å². The Labute approximate surface area is 122 Å². The molecule has 6 heteroatoms. The number of hydrogen-bond donors (Lipinski definition) is 0. The normalized spacial score (nSPS) is 11.1. The van der Waals surface area contributed by atoms with Gasteiger partial charge in [0.1, 0.15) is 0 Å². The van der Waals surface area contributed by atoms with E-state index in [2.05, 4.69) is 0 Å². The lowest BCUT2D eigenvalue weighted by molar-refractivity contribution is 1.73. The predicted molar refractivity (Wildman–Crippen MR) is 74.0 cm³/mol. The van der Waals surface area contributed by atoms with E-state index in [9.17, 15) is 0 Å². The van der Waals surface area contributed by atoms with Gasteiger partial charge in [0.25, 0.3) is 0 Å². The molecule has 0 aromatic heterocycles. The highest BCUT2D eigenvalue weighted by atomic mass is 35.5. The van der Waals surface area contributed by atoms with Crippen molar-refractivity contribution in [3.05, 3.63) is 42.3 Å². The molecule has 2 aromatic carbocycles. The molecule has 0 radical (unpaired) electrons. The van der Waals surface area contributed by atoms with Crippen LogP contribution in [-0.2, 0) is 0 Å². The Kier molecular flexibility index (Phi) is 3.71. The van der Waals surface area contributed by atoms with Crippen LogP contribution in [0.15, 0.2) is 12.1 Å². The van der Waals surface area contributed by atoms with Crippen LogP contribution in [0.1, 0.15) is 0 Å². The monoisotopic (exact) mass is 332 g/mol. The van der Waals surface area contributed by atoms with Crippen molar-refractivity contribution in [3.8, 4) is 0 Å². The van der Waals surface area contributed by atoms with Gasteiger partial charge in [0.05, 0.1) is 25.1 Å². The maximum atomic E-state index is 6.06. The molecule has 0 unspecified atom stereocenters. The highest BCUT2D eigenvalue weighted by Gasteiger charge is 2.17. The quantitative estimate of drug-likeness (QED) is 0.369. The Morgan fingerprint density at radius 3 is 1.81 bits per heavy atom. The van der Waals surface area contributed by atoms with Crippen molar-refractivity contribution in [3.63, 3.8) is 0 Å². The van der Waals surface area contributed by atoms with Crippen molar-refractivity contribution in [2.45, 2.75) is 0 Å². The molecule has 0 saturated carbocycles. The van der Waals surface area contributed by atoms with Crippen LogP contribution >= 0.6 is 69.6 Å². The second kappa shape index (κ2) is 4.61. The Hall–Kier alpha value is 0.440. The van der Waals surface area contributed by atoms with E-state index < -0.39 is 0 Å². The molecule has 0 spiro atoms. The molecule has 0 N–H and O–H groups in total. The van der Waals surface area contributed by atoms with Gasteiger partial charge in [-0.1, -0.05) is 69.6 Å². The molecule has 84 valence electrons. The summed E-state index contributed by atoms with van der Waals surface area (Å²) in [5.41, 5.74) is 0. The summed E-state index contributed by atoms with van der Waals surface area (Å²) in [5, 5.41) is 2.90. The molecule has 0 fully saturated rings. The number of benzene rings is 2. The third-order valence-corrected chi connectivity index (χ3v) is 4.42. The van der Waals surface area contributed by atoms with Crippen molar-refractivity contribution in [1.29, 1.82) is 0 Å². The summed E-state index contributed by atoms with van der Waals surface area (Å²) in [7, 11) is 0. The Morgan fingerprint density at radius 1 is 0.625 bits per heavy atom. The fourth-order valence-electron chi connectivity index (χ4n) is 1.39. The first-order valence-corrected chi connectivity index (χ1v) is 6.31. The molecule has 0 aliphatic heterocycles. The van der Waals surface area contributed by atoms with Crippen molar-refractivity contribution in [1.82, 2.24) is 0 Å². The van der Waals surface area contributed by atoms with Crippen LogP contribution < -0.4 is 0 Å². The molecule has 0 aliphatic rings. The predicted octanol–water partition coefficient (Wildman–Crippen LogP) is 6.76. The number of hydrogen-bond acceptors (Lipinski definition) is 0. The van der Waals surface area contributed by atoms with Crippen LogP contribution in [0, 0.1) is 0 Å². The van der Waals surface area contributed by atoms with E-state index >= 15 is 0 Å². The minimum atomic E-state index is 0.185. The fourth-order valence-corrected chi connectivity index (χ4v) is 3.05. The number of rotatable bonds is 0. The van der Waals surface area contributed by atoms with Crippen LogP contribution in [0.25, 0.3) is 10.8 Å². The van der Waals surface area contributed by atoms with Crippen LogP contribution in [0.5, 0.6) is 0 Å². The lowest BCUT2D eigenvalue weighted by atomic mass is 10.1. The zero-order valence-electron chi connectivity index (χ0n) is 7.42. The zero-order valence-corrected chi connectivity index (χ0v) is 12.0. The molecule has 0 bridgehead atoms. The van der Waals surface area contributed by atoms with Crippen LogP contribution in [0.3, 0.4) is 0 Å². The van der Waals surface area contributed by atoms with Crippen molar-refractivity contribution in [2.24, 2.45) is 0 Å². The van der Waals surface area contributed by atoms with E-state index in [1.165, 1.54) is 0 Å². The first-order chi connectivity index (χ1) is 7.43. The van der Waals surface area contributed by atoms with Gasteiger partial charge in [0, 0.05) is 15.8 Å². The summed E-state index contributed by atoms with van der Waals surface area (Å²) >= 11 is 35.9. The molecule has 2 aromatic rings. The zero-order chi connectivity index (χ0) is 12.0. The SMILES string of the molecule is Clc1cc(Cl)c2c(Cl)c(Cl)c(Cl)c(Cl)c2c1. The fraction of sp³-hybridized carbons (Fsp3) is 0. The second-order valence-corrected chi connectivity index (χ2v) is 5.42. The molecule has 0 aliphatic carbocycles. The van der Waals surface area contributed by atoms with Gasteiger partial charge in [-0.05, 0) is 12.1 Å². The van der Waals surface area contributed by atoms with E-state index in [1.54, 1.807) is 12.1 Å². The van der Waals surface area contributed by atoms with Crippen molar-refractivity contribution >= 4 is 80.4 Å². The molecule has 16 heavy (non-hydrogen) atoms. The first kappa shape index (κ1) is 12.9. The first-order valence-electron chi connectivity index (χ1n) is 4.04. The molecular weight excluding hydrogens is 333 g/mol. The van der Waals surface area contributed by atoms with Gasteiger partial charge in [0.2, 0.25) is 0 Å². The Balaban J connectivity index is 3.08. The van der Waals surface area contributed by atoms with Gasteiger partial charge in [-0.25, -0.2) is 0 Å². The second-order valence-electron chi connectivity index (χ2n) is 3.07. The maximum absolute atomic E-state index is 6.06. The van der Waals surface area contributed by atoms with Gasteiger partial charge in [-0.2, -0.15) is 0 Å². The number of fused-ring (bicyclic) bond motifs is 1. The topological polar surface area (TPSA) is 0 Å². The summed E-state index contributed by atoms with van der Waals surface area (Å²) in [6.07, 6.45) is 0. The lowest BCUT2D eigenvalue weighted by Gasteiger charge is -2.10. The highest BCUT2D eigenvalue weighted by Crippen LogP contribution is 2.46. The van der Waals surface area contributed by atoms with E-state index in [-0.39, 0.29) is 20.1 Å². The minimum Gasteiger partial charge on any atom is -0.0843 e. The highest BCUT2D eigenvalue weighted by molar-refractivity contribution is 6.56. The summed E-state index contributed by atoms with van der Waals surface area (Å²) in [6.45, 7) is 0. The maximum Gasteiger partial charge on any atom is 0.0800 e. The molecule has 2 rings (SSSR count). The third-order valence-electron chi connectivity index (χ3n) is 2.09. The third kappa shape index (κ3) is 1.96. The number of halogens is 6. The smallest absolute Gasteiger partial charge is 0.0800 e. The Bertz CT molecular complexity index is 590. The summed E-state index contributed by atoms with van der Waals surface area (Å²) < 4.78 is 0. The lowest BCUT2D eigenvalue weighted by Crippen LogP contribution is -1.83. The van der Waals surface area contributed by atoms with Gasteiger partial charge >= 0.3 is 0 Å². The molecule has 0 saturated heterocycles. The molecule has 0 atom stereocenters. The molecular formula is C10H2Cl6. The van der Waals surface area contributed by atoms with Gasteiger partial charge in [-0.15, -0.1) is 0 Å². The molecule has 0 heterocycles. The standard InChI is InChI=1S/C10H2Cl6/c11-3-1-4-6(5(12)2-3)8(14)10(16)9(15)7(4)13/h1-2H. The minimum absolute atomic E-state index is 0.185. The summed E-state index contributed by atoms with van der Waals surface area (Å²) in [6, 6.07) is 3.21. The van der Waals surface area contributed by atoms with Crippen LogP contribution in [0.4, 0.5) is 0 Å². The van der Waals surface area contributed by atoms with Gasteiger partial charge in [-0.3, -0.25) is 0 Å². The van der Waals surface area contributed by atoms with E-state index in [0.717, 1.165) is 0 Å². The largest absolute Gasteiger partial charge is 0.0843 e. The molecule has 0 amide bonds. The van der Waals surface area contributed by atoms with E-state index in [1.807, 2.05) is 0 Å².